The quantitative estimate of drug-likeness (QED) is 0.600. The molecule has 0 fully saturated rings. The molecule has 1 aliphatic carbocycles. The van der Waals surface area contributed by atoms with Crippen LogP contribution in [0.1, 0.15) is 43.2 Å². The monoisotopic (exact) mass is 424 g/mol. The summed E-state index contributed by atoms with van der Waals surface area (Å²) in [7, 11) is 1.64. The Morgan fingerprint density at radius 1 is 1.03 bits per heavy atom. The van der Waals surface area contributed by atoms with E-state index in [1.54, 1.807) is 14.0 Å². The van der Waals surface area contributed by atoms with Crippen LogP contribution >= 0.6 is 0 Å². The zero-order chi connectivity index (χ0) is 22.4. The van der Waals surface area contributed by atoms with Crippen molar-refractivity contribution in [1.29, 1.82) is 0 Å². The molecule has 0 saturated carbocycles. The molecule has 0 bridgehead atoms. The molecule has 0 aromatic heterocycles. The number of nitrogens with one attached hydrogen (secondary N) is 1. The number of aliphatic carboxylic acids is 1. The highest BCUT2D eigenvalue weighted by atomic mass is 16.5. The van der Waals surface area contributed by atoms with Crippen LogP contribution in [0.4, 0.5) is 4.79 Å². The summed E-state index contributed by atoms with van der Waals surface area (Å²) < 4.78 is 5.48. The fourth-order valence-corrected chi connectivity index (χ4v) is 3.94. The number of benzene rings is 2. The zero-order valence-corrected chi connectivity index (χ0v) is 17.8. The number of carboxylic acid groups (broad SMARTS) is 1. The zero-order valence-electron chi connectivity index (χ0n) is 17.8. The van der Waals surface area contributed by atoms with Gasteiger partial charge in [0.25, 0.3) is 0 Å². The largest absolute Gasteiger partial charge is 0.481 e. The molecule has 1 atom stereocenters. The summed E-state index contributed by atoms with van der Waals surface area (Å²) >= 11 is 0. The van der Waals surface area contributed by atoms with Crippen LogP contribution in [0.15, 0.2) is 48.5 Å². The summed E-state index contributed by atoms with van der Waals surface area (Å²) in [6.45, 7) is 2.23. The topological polar surface area (TPSA) is 95.9 Å². The highest BCUT2D eigenvalue weighted by molar-refractivity contribution is 5.85. The second-order valence-corrected chi connectivity index (χ2v) is 7.80. The van der Waals surface area contributed by atoms with Gasteiger partial charge in [0.05, 0.1) is 0 Å². The maximum Gasteiger partial charge on any atom is 0.407 e. The number of likely N-dealkylation sites (N-methyl/N-ethyl adjacent to an activating group) is 1. The molecule has 0 radical (unpaired) electrons. The minimum atomic E-state index is -0.848. The maximum atomic E-state index is 12.4. The lowest BCUT2D eigenvalue weighted by atomic mass is 9.98. The Morgan fingerprint density at radius 2 is 1.61 bits per heavy atom. The molecule has 3 rings (SSSR count). The first-order valence-electron chi connectivity index (χ1n) is 10.5. The van der Waals surface area contributed by atoms with Crippen molar-refractivity contribution in [2.75, 3.05) is 20.2 Å². The van der Waals surface area contributed by atoms with Gasteiger partial charge >= 0.3 is 12.1 Å². The Bertz CT molecular complexity index is 913. The van der Waals surface area contributed by atoms with E-state index in [-0.39, 0.29) is 24.9 Å². The lowest BCUT2D eigenvalue weighted by Gasteiger charge is -2.22. The number of hydrogen-bond acceptors (Lipinski definition) is 4. The van der Waals surface area contributed by atoms with Gasteiger partial charge in [0.15, 0.2) is 0 Å². The number of ether oxygens (including phenoxy) is 1. The first kappa shape index (κ1) is 22.3. The van der Waals surface area contributed by atoms with Crippen LogP contribution in [0.25, 0.3) is 11.1 Å². The Kier molecular flexibility index (Phi) is 7.28. The molecule has 0 heterocycles. The number of alkyl carbamates (subject to hydrolysis) is 1. The predicted molar refractivity (Wildman–Crippen MR) is 117 cm³/mol. The first-order valence-corrected chi connectivity index (χ1v) is 10.5. The molecular formula is C24H28N2O5. The maximum absolute atomic E-state index is 12.4. The number of amides is 2. The Balaban J connectivity index is 1.51. The summed E-state index contributed by atoms with van der Waals surface area (Å²) in [5.74, 6) is -1.14. The Hall–Kier alpha value is -3.35. The predicted octanol–water partition coefficient (Wildman–Crippen LogP) is 3.63. The van der Waals surface area contributed by atoms with E-state index in [1.807, 2.05) is 36.4 Å². The van der Waals surface area contributed by atoms with E-state index in [2.05, 4.69) is 17.4 Å². The van der Waals surface area contributed by atoms with E-state index in [4.69, 9.17) is 9.84 Å². The van der Waals surface area contributed by atoms with Crippen LogP contribution < -0.4 is 5.32 Å². The van der Waals surface area contributed by atoms with E-state index >= 15 is 0 Å². The van der Waals surface area contributed by atoms with Gasteiger partial charge in [0.1, 0.15) is 12.6 Å². The van der Waals surface area contributed by atoms with Crippen LogP contribution in [0.3, 0.4) is 0 Å². The van der Waals surface area contributed by atoms with Gasteiger partial charge in [-0.3, -0.25) is 9.59 Å². The number of hydrogen-bond donors (Lipinski definition) is 2. The molecule has 164 valence electrons. The number of rotatable bonds is 9. The van der Waals surface area contributed by atoms with Crippen LogP contribution in [0.5, 0.6) is 0 Å². The number of nitrogens with zero attached hydrogens (tertiary/aromatic N) is 1. The Morgan fingerprint density at radius 3 is 2.19 bits per heavy atom. The molecule has 0 saturated heterocycles. The van der Waals surface area contributed by atoms with E-state index < -0.39 is 18.1 Å². The van der Waals surface area contributed by atoms with Crippen molar-refractivity contribution in [2.45, 2.75) is 38.1 Å². The number of carbonyl (C=O) groups is 3. The second-order valence-electron chi connectivity index (χ2n) is 7.80. The normalized spacial score (nSPS) is 13.1. The summed E-state index contributed by atoms with van der Waals surface area (Å²) in [4.78, 5) is 36.8. The summed E-state index contributed by atoms with van der Waals surface area (Å²) in [6.07, 6.45) is 0.533. The van der Waals surface area contributed by atoms with Crippen molar-refractivity contribution in [3.8, 4) is 11.1 Å². The van der Waals surface area contributed by atoms with Gasteiger partial charge in [0.2, 0.25) is 5.91 Å². The molecule has 2 N–H and O–H groups in total. The standard InChI is InChI=1S/C24H28N2O5/c1-16(23(29)26(2)14-8-7-13-22(27)28)25-24(30)31-15-21-19-11-5-3-9-17(19)18-10-4-6-12-20(18)21/h3-6,9-12,16,21H,7-8,13-15H2,1-2H3,(H,25,30)(H,27,28). The minimum absolute atomic E-state index is 0.0407. The third kappa shape index (κ3) is 5.42. The van der Waals surface area contributed by atoms with Gasteiger partial charge in [-0.2, -0.15) is 0 Å². The molecule has 1 aliphatic rings. The second kappa shape index (κ2) is 10.1. The van der Waals surface area contributed by atoms with Crippen molar-refractivity contribution in [3.63, 3.8) is 0 Å². The van der Waals surface area contributed by atoms with Gasteiger partial charge < -0.3 is 20.1 Å². The van der Waals surface area contributed by atoms with E-state index in [9.17, 15) is 14.4 Å². The van der Waals surface area contributed by atoms with Gasteiger partial charge in [-0.15, -0.1) is 0 Å². The summed E-state index contributed by atoms with van der Waals surface area (Å²) in [6, 6.07) is 15.5. The van der Waals surface area contributed by atoms with E-state index in [0.717, 1.165) is 22.3 Å². The molecule has 2 aromatic carbocycles. The third-order valence-corrected chi connectivity index (χ3v) is 5.56. The highest BCUT2D eigenvalue weighted by Gasteiger charge is 2.29. The molecule has 0 spiro atoms. The number of carboxylic acids is 1. The summed E-state index contributed by atoms with van der Waals surface area (Å²) in [5.41, 5.74) is 4.56. The molecule has 2 amide bonds. The number of fused-ring (bicyclic) bond motifs is 3. The average Bonchev–Trinajstić information content (AvgIpc) is 3.08. The fourth-order valence-electron chi connectivity index (χ4n) is 3.94. The highest BCUT2D eigenvalue weighted by Crippen LogP contribution is 2.44. The number of carbonyl (C=O) groups excluding carboxylic acids is 2. The summed E-state index contributed by atoms with van der Waals surface area (Å²) in [5, 5.41) is 11.3. The van der Waals surface area contributed by atoms with Gasteiger partial charge in [-0.25, -0.2) is 4.79 Å². The van der Waals surface area contributed by atoms with Crippen LogP contribution in [0, 0.1) is 0 Å². The molecule has 2 aromatic rings. The van der Waals surface area contributed by atoms with Crippen LogP contribution in [0.2, 0.25) is 0 Å². The van der Waals surface area contributed by atoms with Crippen LogP contribution in [-0.4, -0.2) is 54.2 Å². The smallest absolute Gasteiger partial charge is 0.407 e. The SMILES string of the molecule is CC(NC(=O)OCC1c2ccccc2-c2ccccc21)C(=O)N(C)CCCCC(=O)O. The minimum Gasteiger partial charge on any atom is -0.481 e. The molecular weight excluding hydrogens is 396 g/mol. The average molecular weight is 424 g/mol. The van der Waals surface area contributed by atoms with Crippen LogP contribution in [-0.2, 0) is 14.3 Å². The van der Waals surface area contributed by atoms with Gasteiger partial charge in [-0.05, 0) is 42.0 Å². The molecule has 1 unspecified atom stereocenters. The van der Waals surface area contributed by atoms with Crippen molar-refractivity contribution in [3.05, 3.63) is 59.7 Å². The molecule has 7 nitrogen and oxygen atoms in total. The van der Waals surface area contributed by atoms with E-state index in [1.165, 1.54) is 4.90 Å². The number of unbranched alkanes of at least 4 members (excludes halogenated alkanes) is 1. The molecule has 0 aliphatic heterocycles. The van der Waals surface area contributed by atoms with E-state index in [0.29, 0.717) is 19.4 Å². The first-order chi connectivity index (χ1) is 14.9. The fraction of sp³-hybridized carbons (Fsp3) is 0.375. The van der Waals surface area contributed by atoms with Crippen molar-refractivity contribution >= 4 is 18.0 Å². The lowest BCUT2D eigenvalue weighted by Crippen LogP contribution is -2.46. The Labute approximate surface area is 182 Å². The third-order valence-electron chi connectivity index (χ3n) is 5.56. The van der Waals surface area contributed by atoms with Gasteiger partial charge in [-0.1, -0.05) is 48.5 Å². The van der Waals surface area contributed by atoms with Crippen molar-refractivity contribution < 1.29 is 24.2 Å². The molecule has 31 heavy (non-hydrogen) atoms. The van der Waals surface area contributed by atoms with Crippen molar-refractivity contribution in [1.82, 2.24) is 10.2 Å². The van der Waals surface area contributed by atoms with Crippen molar-refractivity contribution in [2.24, 2.45) is 0 Å². The molecule has 7 heteroatoms. The van der Waals surface area contributed by atoms with Gasteiger partial charge in [0, 0.05) is 25.9 Å². The lowest BCUT2D eigenvalue weighted by molar-refractivity contribution is -0.137.